The Labute approximate surface area is 137 Å². The molecule has 124 valence electrons. The third-order valence-corrected chi connectivity index (χ3v) is 6.48. The molecule has 23 heavy (non-hydrogen) atoms. The van der Waals surface area contributed by atoms with Gasteiger partial charge in [-0.25, -0.2) is 8.78 Å². The van der Waals surface area contributed by atoms with Crippen molar-refractivity contribution in [2.45, 2.75) is 25.9 Å². The SMILES string of the molecule is COc1cc(F)ccc1P(c1ccc(F)cc1OC)C(C)(C)C. The molecule has 0 saturated heterocycles. The molecule has 0 radical (unpaired) electrons. The van der Waals surface area contributed by atoms with E-state index in [1.54, 1.807) is 12.1 Å². The molecular weight excluding hydrogens is 317 g/mol. The maximum atomic E-state index is 13.5. The Balaban J connectivity index is 2.69. The molecule has 0 aliphatic carbocycles. The van der Waals surface area contributed by atoms with Crippen molar-refractivity contribution in [1.29, 1.82) is 0 Å². The van der Waals surface area contributed by atoms with Crippen LogP contribution >= 0.6 is 7.92 Å². The number of hydrogen-bond donors (Lipinski definition) is 0. The summed E-state index contributed by atoms with van der Waals surface area (Å²) in [6, 6.07) is 9.10. The monoisotopic (exact) mass is 338 g/mol. The van der Waals surface area contributed by atoms with E-state index < -0.39 is 7.92 Å². The van der Waals surface area contributed by atoms with E-state index in [1.165, 1.54) is 38.5 Å². The second kappa shape index (κ2) is 6.84. The van der Waals surface area contributed by atoms with Crippen LogP contribution in [-0.2, 0) is 0 Å². The van der Waals surface area contributed by atoms with Crippen LogP contribution in [0.15, 0.2) is 36.4 Å². The molecule has 0 aliphatic heterocycles. The predicted octanol–water partition coefficient (Wildman–Crippen LogP) is 4.21. The summed E-state index contributed by atoms with van der Waals surface area (Å²) < 4.78 is 37.9. The van der Waals surface area contributed by atoms with Crippen molar-refractivity contribution in [3.8, 4) is 11.5 Å². The molecule has 2 aromatic rings. The molecule has 2 nitrogen and oxygen atoms in total. The zero-order chi connectivity index (χ0) is 17.2. The van der Waals surface area contributed by atoms with Crippen molar-refractivity contribution in [3.63, 3.8) is 0 Å². The van der Waals surface area contributed by atoms with E-state index in [9.17, 15) is 8.78 Å². The second-order valence-corrected chi connectivity index (χ2v) is 9.11. The first-order chi connectivity index (χ1) is 10.8. The van der Waals surface area contributed by atoms with Crippen LogP contribution in [0.1, 0.15) is 20.8 Å². The zero-order valence-corrected chi connectivity index (χ0v) is 14.9. The van der Waals surface area contributed by atoms with Gasteiger partial charge < -0.3 is 9.47 Å². The highest BCUT2D eigenvalue weighted by Crippen LogP contribution is 2.51. The van der Waals surface area contributed by atoms with E-state index in [4.69, 9.17) is 9.47 Å². The fourth-order valence-corrected chi connectivity index (χ4v) is 5.43. The smallest absolute Gasteiger partial charge is 0.129 e. The van der Waals surface area contributed by atoms with Crippen LogP contribution in [0.4, 0.5) is 8.78 Å². The van der Waals surface area contributed by atoms with Crippen LogP contribution in [0, 0.1) is 11.6 Å². The molecule has 0 heterocycles. The zero-order valence-electron chi connectivity index (χ0n) is 14.0. The van der Waals surface area contributed by atoms with E-state index in [1.807, 2.05) is 0 Å². The van der Waals surface area contributed by atoms with Gasteiger partial charge in [-0.1, -0.05) is 20.8 Å². The molecule has 0 unspecified atom stereocenters. The van der Waals surface area contributed by atoms with Gasteiger partial charge in [-0.15, -0.1) is 0 Å². The van der Waals surface area contributed by atoms with Gasteiger partial charge in [-0.2, -0.15) is 0 Å². The summed E-state index contributed by atoms with van der Waals surface area (Å²) in [5, 5.41) is 1.66. The van der Waals surface area contributed by atoms with Crippen molar-refractivity contribution in [3.05, 3.63) is 48.0 Å². The van der Waals surface area contributed by atoms with Gasteiger partial charge in [-0.05, 0) is 37.3 Å². The minimum absolute atomic E-state index is 0.147. The van der Waals surface area contributed by atoms with Crippen molar-refractivity contribution in [2.24, 2.45) is 0 Å². The normalized spacial score (nSPS) is 11.7. The first kappa shape index (κ1) is 17.7. The van der Waals surface area contributed by atoms with Crippen LogP contribution in [0.5, 0.6) is 11.5 Å². The molecule has 0 saturated carbocycles. The topological polar surface area (TPSA) is 18.5 Å². The number of ether oxygens (including phenoxy) is 2. The molecular formula is C18H21F2O2P. The molecule has 0 fully saturated rings. The van der Waals surface area contributed by atoms with Crippen molar-refractivity contribution in [2.75, 3.05) is 14.2 Å². The van der Waals surface area contributed by atoms with Crippen LogP contribution in [-0.4, -0.2) is 19.4 Å². The van der Waals surface area contributed by atoms with Crippen LogP contribution in [0.3, 0.4) is 0 Å². The number of benzene rings is 2. The molecule has 2 rings (SSSR count). The molecule has 2 aromatic carbocycles. The van der Waals surface area contributed by atoms with Crippen LogP contribution < -0.4 is 20.1 Å². The fraction of sp³-hybridized carbons (Fsp3) is 0.333. The van der Waals surface area contributed by atoms with E-state index >= 15 is 0 Å². The summed E-state index contributed by atoms with van der Waals surface area (Å²) in [6.07, 6.45) is 0. The summed E-state index contributed by atoms with van der Waals surface area (Å²) in [7, 11) is 2.10. The highest BCUT2D eigenvalue weighted by molar-refractivity contribution is 7.74. The first-order valence-corrected chi connectivity index (χ1v) is 8.59. The third-order valence-electron chi connectivity index (χ3n) is 3.44. The minimum atomic E-state index is -0.953. The third kappa shape index (κ3) is 3.81. The number of hydrogen-bond acceptors (Lipinski definition) is 2. The highest BCUT2D eigenvalue weighted by atomic mass is 31.1. The predicted molar refractivity (Wildman–Crippen MR) is 91.8 cm³/mol. The lowest BCUT2D eigenvalue weighted by molar-refractivity contribution is 0.414. The lowest BCUT2D eigenvalue weighted by atomic mass is 10.2. The van der Waals surface area contributed by atoms with Gasteiger partial charge in [0.2, 0.25) is 0 Å². The highest BCUT2D eigenvalue weighted by Gasteiger charge is 2.32. The quantitative estimate of drug-likeness (QED) is 0.778. The maximum Gasteiger partial charge on any atom is 0.129 e. The lowest BCUT2D eigenvalue weighted by Crippen LogP contribution is -2.28. The molecule has 0 amide bonds. The average molecular weight is 338 g/mol. The molecule has 0 N–H and O–H groups in total. The summed E-state index contributed by atoms with van der Waals surface area (Å²) in [4.78, 5) is 0. The Morgan fingerprint density at radius 2 is 1.17 bits per heavy atom. The summed E-state index contributed by atoms with van der Waals surface area (Å²) >= 11 is 0. The molecule has 0 bridgehead atoms. The molecule has 0 aromatic heterocycles. The Morgan fingerprint density at radius 3 is 1.48 bits per heavy atom. The van der Waals surface area contributed by atoms with Crippen molar-refractivity contribution >= 4 is 18.5 Å². The summed E-state index contributed by atoms with van der Waals surface area (Å²) in [5.74, 6) is 0.302. The summed E-state index contributed by atoms with van der Waals surface area (Å²) in [5.41, 5.74) is 0. The Morgan fingerprint density at radius 1 is 0.783 bits per heavy atom. The summed E-state index contributed by atoms with van der Waals surface area (Å²) in [6.45, 7) is 6.30. The maximum absolute atomic E-state index is 13.5. The van der Waals surface area contributed by atoms with Crippen molar-refractivity contribution < 1.29 is 18.3 Å². The van der Waals surface area contributed by atoms with Crippen molar-refractivity contribution in [1.82, 2.24) is 0 Å². The van der Waals surface area contributed by atoms with E-state index in [0.717, 1.165) is 10.6 Å². The largest absolute Gasteiger partial charge is 0.496 e. The Bertz CT molecular complexity index is 642. The van der Waals surface area contributed by atoms with Gasteiger partial charge in [-0.3, -0.25) is 0 Å². The van der Waals surface area contributed by atoms with E-state index in [0.29, 0.717) is 11.5 Å². The van der Waals surface area contributed by atoms with Gasteiger partial charge in [0, 0.05) is 22.7 Å². The molecule has 0 spiro atoms. The van der Waals surface area contributed by atoms with Crippen LogP contribution in [0.2, 0.25) is 0 Å². The minimum Gasteiger partial charge on any atom is -0.496 e. The Hall–Kier alpha value is -1.67. The van der Waals surface area contributed by atoms with Crippen LogP contribution in [0.25, 0.3) is 0 Å². The first-order valence-electron chi connectivity index (χ1n) is 7.25. The van der Waals surface area contributed by atoms with Gasteiger partial charge in [0.25, 0.3) is 0 Å². The van der Waals surface area contributed by atoms with Gasteiger partial charge >= 0.3 is 0 Å². The second-order valence-electron chi connectivity index (χ2n) is 6.14. The molecule has 0 aliphatic rings. The molecule has 0 atom stereocenters. The lowest BCUT2D eigenvalue weighted by Gasteiger charge is -2.33. The van der Waals surface area contributed by atoms with Gasteiger partial charge in [0.1, 0.15) is 23.1 Å². The van der Waals surface area contributed by atoms with Gasteiger partial charge in [0.15, 0.2) is 0 Å². The van der Waals surface area contributed by atoms with Gasteiger partial charge in [0.05, 0.1) is 14.2 Å². The number of halogens is 2. The Kier molecular flexibility index (Phi) is 5.26. The number of methoxy groups -OCH3 is 2. The molecule has 5 heteroatoms. The number of rotatable bonds is 4. The standard InChI is InChI=1S/C18H21F2O2P/c1-18(2,3)23(16-8-6-12(19)10-14(16)21-4)17-9-7-13(20)11-15(17)22-5/h6-11H,1-5H3. The van der Waals surface area contributed by atoms with E-state index in [-0.39, 0.29) is 16.8 Å². The fourth-order valence-electron chi connectivity index (χ4n) is 2.52. The van der Waals surface area contributed by atoms with E-state index in [2.05, 4.69) is 20.8 Å². The average Bonchev–Trinajstić information content (AvgIpc) is 2.48.